The molecule has 0 bridgehead atoms. The van der Waals surface area contributed by atoms with Crippen LogP contribution in [0.4, 0.5) is 5.69 Å². The van der Waals surface area contributed by atoms with E-state index in [1.807, 2.05) is 12.1 Å². The SMILES string of the molecule is N#CCc1nc2ccc(NCCCS)cc2s1. The summed E-state index contributed by atoms with van der Waals surface area (Å²) in [5.41, 5.74) is 2.08. The number of hydrogen-bond acceptors (Lipinski definition) is 5. The largest absolute Gasteiger partial charge is 0.385 e. The molecule has 1 aromatic heterocycles. The van der Waals surface area contributed by atoms with E-state index >= 15 is 0 Å². The molecule has 1 N–H and O–H groups in total. The fourth-order valence-electron chi connectivity index (χ4n) is 1.54. The van der Waals surface area contributed by atoms with E-state index < -0.39 is 0 Å². The number of hydrogen-bond donors (Lipinski definition) is 2. The molecule has 0 atom stereocenters. The van der Waals surface area contributed by atoms with Crippen molar-refractivity contribution in [2.75, 3.05) is 17.6 Å². The first-order valence-electron chi connectivity index (χ1n) is 5.44. The quantitative estimate of drug-likeness (QED) is 0.644. The van der Waals surface area contributed by atoms with E-state index in [0.717, 1.165) is 39.6 Å². The van der Waals surface area contributed by atoms with Crippen molar-refractivity contribution in [2.24, 2.45) is 0 Å². The van der Waals surface area contributed by atoms with Gasteiger partial charge in [0, 0.05) is 12.2 Å². The number of nitrogens with zero attached hydrogens (tertiary/aromatic N) is 2. The first-order valence-corrected chi connectivity index (χ1v) is 6.89. The third kappa shape index (κ3) is 3.11. The normalized spacial score (nSPS) is 10.4. The lowest BCUT2D eigenvalue weighted by atomic mass is 10.3. The number of rotatable bonds is 5. The van der Waals surface area contributed by atoms with Crippen LogP contribution in [0.25, 0.3) is 10.2 Å². The Balaban J connectivity index is 2.16. The third-order valence-corrected chi connectivity index (χ3v) is 3.66. The van der Waals surface area contributed by atoms with Crippen molar-refractivity contribution in [1.29, 1.82) is 5.26 Å². The Morgan fingerprint density at radius 1 is 1.47 bits per heavy atom. The highest BCUT2D eigenvalue weighted by Gasteiger charge is 2.04. The Kier molecular flexibility index (Phi) is 4.24. The van der Waals surface area contributed by atoms with Crippen molar-refractivity contribution >= 4 is 39.9 Å². The Hall–Kier alpha value is -1.25. The number of thiol groups is 1. The molecule has 0 saturated heterocycles. The summed E-state index contributed by atoms with van der Waals surface area (Å²) in [6.07, 6.45) is 1.44. The summed E-state index contributed by atoms with van der Waals surface area (Å²) < 4.78 is 1.13. The van der Waals surface area contributed by atoms with E-state index in [2.05, 4.69) is 35.1 Å². The molecule has 1 aromatic carbocycles. The van der Waals surface area contributed by atoms with Crippen LogP contribution in [0, 0.1) is 11.3 Å². The van der Waals surface area contributed by atoms with Crippen LogP contribution in [0.3, 0.4) is 0 Å². The number of nitrogens with one attached hydrogen (secondary N) is 1. The van der Waals surface area contributed by atoms with E-state index in [9.17, 15) is 0 Å². The molecule has 0 amide bonds. The van der Waals surface area contributed by atoms with Gasteiger partial charge in [0.2, 0.25) is 0 Å². The molecule has 0 radical (unpaired) electrons. The lowest BCUT2D eigenvalue weighted by Gasteiger charge is -2.04. The lowest BCUT2D eigenvalue weighted by molar-refractivity contribution is 0.996. The molecule has 17 heavy (non-hydrogen) atoms. The zero-order chi connectivity index (χ0) is 12.1. The molecule has 0 spiro atoms. The fourth-order valence-corrected chi connectivity index (χ4v) is 2.63. The smallest absolute Gasteiger partial charge is 0.108 e. The number of fused-ring (bicyclic) bond motifs is 1. The summed E-state index contributed by atoms with van der Waals surface area (Å²) in [6.45, 7) is 0.929. The number of nitriles is 1. The van der Waals surface area contributed by atoms with Crippen LogP contribution in [0.1, 0.15) is 11.4 Å². The van der Waals surface area contributed by atoms with Crippen LogP contribution in [0.15, 0.2) is 18.2 Å². The monoisotopic (exact) mass is 263 g/mol. The van der Waals surface area contributed by atoms with E-state index in [1.54, 1.807) is 11.3 Å². The van der Waals surface area contributed by atoms with Crippen molar-refractivity contribution in [1.82, 2.24) is 4.98 Å². The van der Waals surface area contributed by atoms with Crippen LogP contribution in [0.5, 0.6) is 0 Å². The first-order chi connectivity index (χ1) is 8.33. The Labute approximate surface area is 110 Å². The predicted molar refractivity (Wildman–Crippen MR) is 75.9 cm³/mol. The summed E-state index contributed by atoms with van der Waals surface area (Å²) in [5.74, 6) is 0.891. The molecule has 0 aliphatic rings. The summed E-state index contributed by atoms with van der Waals surface area (Å²) in [6, 6.07) is 8.24. The second-order valence-corrected chi connectivity index (χ2v) is 5.19. The molecule has 1 heterocycles. The van der Waals surface area contributed by atoms with Crippen molar-refractivity contribution in [3.63, 3.8) is 0 Å². The molecule has 2 aromatic rings. The Morgan fingerprint density at radius 3 is 3.12 bits per heavy atom. The van der Waals surface area contributed by atoms with Crippen LogP contribution in [-0.2, 0) is 6.42 Å². The van der Waals surface area contributed by atoms with E-state index in [-0.39, 0.29) is 0 Å². The van der Waals surface area contributed by atoms with Gasteiger partial charge in [-0.25, -0.2) is 4.98 Å². The van der Waals surface area contributed by atoms with Crippen LogP contribution < -0.4 is 5.32 Å². The third-order valence-electron chi connectivity index (χ3n) is 2.33. The zero-order valence-corrected chi connectivity index (χ0v) is 11.0. The minimum absolute atomic E-state index is 0.391. The van der Waals surface area contributed by atoms with Gasteiger partial charge in [0.25, 0.3) is 0 Å². The van der Waals surface area contributed by atoms with Gasteiger partial charge in [0.15, 0.2) is 0 Å². The number of anilines is 1. The summed E-state index contributed by atoms with van der Waals surface area (Å²) in [7, 11) is 0. The van der Waals surface area contributed by atoms with Crippen molar-refractivity contribution < 1.29 is 0 Å². The number of thiazole rings is 1. The maximum absolute atomic E-state index is 8.64. The second-order valence-electron chi connectivity index (χ2n) is 3.63. The van der Waals surface area contributed by atoms with Gasteiger partial charge in [-0.15, -0.1) is 11.3 Å². The maximum atomic E-state index is 8.64. The van der Waals surface area contributed by atoms with Crippen LogP contribution in [0.2, 0.25) is 0 Å². The van der Waals surface area contributed by atoms with Gasteiger partial charge >= 0.3 is 0 Å². The zero-order valence-electron chi connectivity index (χ0n) is 9.31. The molecule has 0 unspecified atom stereocenters. The molecular formula is C12H13N3S2. The molecular weight excluding hydrogens is 250 g/mol. The van der Waals surface area contributed by atoms with Gasteiger partial charge in [0.1, 0.15) is 5.01 Å². The van der Waals surface area contributed by atoms with E-state index in [0.29, 0.717) is 6.42 Å². The summed E-state index contributed by atoms with van der Waals surface area (Å²) in [4.78, 5) is 4.40. The predicted octanol–water partition coefficient (Wildman–Crippen LogP) is 3.09. The average Bonchev–Trinajstić information content (AvgIpc) is 2.71. The highest BCUT2D eigenvalue weighted by Crippen LogP contribution is 2.25. The van der Waals surface area contributed by atoms with Crippen molar-refractivity contribution in [2.45, 2.75) is 12.8 Å². The fraction of sp³-hybridized carbons (Fsp3) is 0.333. The second kappa shape index (κ2) is 5.89. The molecule has 0 saturated carbocycles. The van der Waals surface area contributed by atoms with Gasteiger partial charge in [0.05, 0.1) is 22.7 Å². The van der Waals surface area contributed by atoms with Gasteiger partial charge in [-0.05, 0) is 30.4 Å². The van der Waals surface area contributed by atoms with E-state index in [4.69, 9.17) is 5.26 Å². The van der Waals surface area contributed by atoms with Crippen LogP contribution >= 0.6 is 24.0 Å². The maximum Gasteiger partial charge on any atom is 0.108 e. The molecule has 5 heteroatoms. The highest BCUT2D eigenvalue weighted by molar-refractivity contribution is 7.80. The molecule has 0 aliphatic heterocycles. The van der Waals surface area contributed by atoms with Crippen molar-refractivity contribution in [3.05, 3.63) is 23.2 Å². The van der Waals surface area contributed by atoms with Gasteiger partial charge < -0.3 is 5.32 Å². The van der Waals surface area contributed by atoms with E-state index in [1.165, 1.54) is 0 Å². The minimum atomic E-state index is 0.391. The Bertz CT molecular complexity index is 542. The highest BCUT2D eigenvalue weighted by atomic mass is 32.1. The molecule has 88 valence electrons. The number of benzene rings is 1. The molecule has 0 fully saturated rings. The number of aromatic nitrogens is 1. The summed E-state index contributed by atoms with van der Waals surface area (Å²) in [5, 5.41) is 12.9. The van der Waals surface area contributed by atoms with Gasteiger partial charge in [-0.3, -0.25) is 0 Å². The van der Waals surface area contributed by atoms with Crippen LogP contribution in [-0.4, -0.2) is 17.3 Å². The minimum Gasteiger partial charge on any atom is -0.385 e. The lowest BCUT2D eigenvalue weighted by Crippen LogP contribution is -2.01. The van der Waals surface area contributed by atoms with Gasteiger partial charge in [-0.1, -0.05) is 0 Å². The first kappa shape index (κ1) is 12.2. The average molecular weight is 263 g/mol. The van der Waals surface area contributed by atoms with Crippen molar-refractivity contribution in [3.8, 4) is 6.07 Å². The Morgan fingerprint density at radius 2 is 2.35 bits per heavy atom. The molecule has 0 aliphatic carbocycles. The molecule has 2 rings (SSSR count). The molecule has 3 nitrogen and oxygen atoms in total. The van der Waals surface area contributed by atoms with Gasteiger partial charge in [-0.2, -0.15) is 17.9 Å². The summed E-state index contributed by atoms with van der Waals surface area (Å²) >= 11 is 5.76. The standard InChI is InChI=1S/C12H13N3S2/c13-5-4-12-15-10-3-2-9(8-11(10)17-12)14-6-1-7-16/h2-3,8,14,16H,1,4,6-7H2. The topological polar surface area (TPSA) is 48.7 Å².